The third-order valence-corrected chi connectivity index (χ3v) is 2.65. The summed E-state index contributed by atoms with van der Waals surface area (Å²) in [5, 5.41) is 1.10. The van der Waals surface area contributed by atoms with Gasteiger partial charge in [-0.25, -0.2) is 4.98 Å². The summed E-state index contributed by atoms with van der Waals surface area (Å²) in [6, 6.07) is 5.96. The van der Waals surface area contributed by atoms with Crippen molar-refractivity contribution in [2.75, 3.05) is 7.11 Å². The molecule has 0 amide bonds. The van der Waals surface area contributed by atoms with Gasteiger partial charge in [0.2, 0.25) is 0 Å². The molecule has 0 atom stereocenters. The van der Waals surface area contributed by atoms with E-state index in [0.717, 1.165) is 16.3 Å². The van der Waals surface area contributed by atoms with Crippen LogP contribution in [0, 0.1) is 6.92 Å². The van der Waals surface area contributed by atoms with Gasteiger partial charge in [0.25, 0.3) is 0 Å². The Kier molecular flexibility index (Phi) is 3.89. The lowest BCUT2D eigenvalue weighted by atomic mass is 10.3. The molecule has 1 aromatic heterocycles. The van der Waals surface area contributed by atoms with Gasteiger partial charge in [-0.05, 0) is 19.1 Å². The van der Waals surface area contributed by atoms with Gasteiger partial charge in [0, 0.05) is 6.07 Å². The second-order valence-corrected chi connectivity index (χ2v) is 3.80. The highest BCUT2D eigenvalue weighted by molar-refractivity contribution is 7.18. The van der Waals surface area contributed by atoms with E-state index in [1.807, 2.05) is 39.0 Å². The predicted octanol–water partition coefficient (Wildman–Crippen LogP) is 3.64. The van der Waals surface area contributed by atoms with Crippen molar-refractivity contribution in [3.05, 3.63) is 23.2 Å². The summed E-state index contributed by atoms with van der Waals surface area (Å²) in [5.74, 6) is 0.868. The maximum atomic E-state index is 5.10. The highest BCUT2D eigenvalue weighted by atomic mass is 32.1. The summed E-state index contributed by atoms with van der Waals surface area (Å²) >= 11 is 1.70. The van der Waals surface area contributed by atoms with E-state index >= 15 is 0 Å². The van der Waals surface area contributed by atoms with Crippen molar-refractivity contribution in [1.29, 1.82) is 0 Å². The Bertz CT molecular complexity index is 409. The van der Waals surface area contributed by atoms with Gasteiger partial charge in [0.15, 0.2) is 0 Å². The highest BCUT2D eigenvalue weighted by Crippen LogP contribution is 2.24. The zero-order valence-electron chi connectivity index (χ0n) is 9.00. The number of thiazole rings is 1. The van der Waals surface area contributed by atoms with E-state index < -0.39 is 0 Å². The largest absolute Gasteiger partial charge is 0.497 e. The molecule has 14 heavy (non-hydrogen) atoms. The Hall–Kier alpha value is -1.09. The molecule has 0 unspecified atom stereocenters. The van der Waals surface area contributed by atoms with Crippen molar-refractivity contribution < 1.29 is 4.74 Å². The summed E-state index contributed by atoms with van der Waals surface area (Å²) in [7, 11) is 1.67. The fraction of sp³-hybridized carbons (Fsp3) is 0.364. The van der Waals surface area contributed by atoms with Crippen LogP contribution in [0.25, 0.3) is 10.2 Å². The molecule has 0 saturated heterocycles. The van der Waals surface area contributed by atoms with Gasteiger partial charge in [-0.2, -0.15) is 0 Å². The van der Waals surface area contributed by atoms with Crippen LogP contribution in [0.2, 0.25) is 0 Å². The molecule has 1 heterocycles. The molecule has 0 N–H and O–H groups in total. The molecule has 0 radical (unpaired) electrons. The average Bonchev–Trinajstić information content (AvgIpc) is 2.59. The van der Waals surface area contributed by atoms with E-state index in [-0.39, 0.29) is 0 Å². The Morgan fingerprint density at radius 1 is 1.29 bits per heavy atom. The summed E-state index contributed by atoms with van der Waals surface area (Å²) in [4.78, 5) is 4.36. The molecule has 2 aromatic rings. The van der Waals surface area contributed by atoms with Crippen LogP contribution in [0.4, 0.5) is 0 Å². The van der Waals surface area contributed by atoms with Gasteiger partial charge in [0.1, 0.15) is 5.75 Å². The fourth-order valence-electron chi connectivity index (χ4n) is 1.15. The summed E-state index contributed by atoms with van der Waals surface area (Å²) in [5.41, 5.74) is 1.02. The molecule has 0 spiro atoms. The van der Waals surface area contributed by atoms with E-state index in [4.69, 9.17) is 4.74 Å². The number of aryl methyl sites for hydroxylation is 1. The smallest absolute Gasteiger partial charge is 0.121 e. The van der Waals surface area contributed by atoms with Crippen LogP contribution in [0.3, 0.4) is 0 Å². The molecular weight excluding hydrogens is 194 g/mol. The number of hydrogen-bond donors (Lipinski definition) is 0. The van der Waals surface area contributed by atoms with E-state index in [9.17, 15) is 0 Å². The minimum Gasteiger partial charge on any atom is -0.497 e. The van der Waals surface area contributed by atoms with E-state index in [0.29, 0.717) is 0 Å². The topological polar surface area (TPSA) is 22.1 Å². The standard InChI is InChI=1S/C9H9NOS.C2H6/c1-6-10-8-5-7(11-2)3-4-9(8)12-6;1-2/h3-5H,1-2H3;1-2H3. The van der Waals surface area contributed by atoms with Crippen LogP contribution in [0.15, 0.2) is 18.2 Å². The minimum absolute atomic E-state index is 0.868. The van der Waals surface area contributed by atoms with Gasteiger partial charge >= 0.3 is 0 Å². The fourth-order valence-corrected chi connectivity index (χ4v) is 1.96. The van der Waals surface area contributed by atoms with E-state index in [1.165, 1.54) is 4.70 Å². The first-order valence-corrected chi connectivity index (χ1v) is 5.52. The lowest BCUT2D eigenvalue weighted by Crippen LogP contribution is -1.80. The van der Waals surface area contributed by atoms with Crippen molar-refractivity contribution >= 4 is 21.6 Å². The third-order valence-electron chi connectivity index (χ3n) is 1.70. The monoisotopic (exact) mass is 209 g/mol. The molecule has 0 bridgehead atoms. The van der Waals surface area contributed by atoms with Gasteiger partial charge in [-0.1, -0.05) is 13.8 Å². The maximum Gasteiger partial charge on any atom is 0.121 e. The second-order valence-electron chi connectivity index (χ2n) is 2.57. The first-order valence-electron chi connectivity index (χ1n) is 4.71. The number of aromatic nitrogens is 1. The molecule has 2 rings (SSSR count). The van der Waals surface area contributed by atoms with Gasteiger partial charge < -0.3 is 4.74 Å². The number of rotatable bonds is 1. The lowest BCUT2D eigenvalue weighted by Gasteiger charge is -1.96. The zero-order valence-corrected chi connectivity index (χ0v) is 9.81. The zero-order chi connectivity index (χ0) is 10.6. The quantitative estimate of drug-likeness (QED) is 0.715. The van der Waals surface area contributed by atoms with E-state index in [1.54, 1.807) is 18.4 Å². The Balaban J connectivity index is 0.000000461. The highest BCUT2D eigenvalue weighted by Gasteiger charge is 2.00. The number of nitrogens with zero attached hydrogens (tertiary/aromatic N) is 1. The first kappa shape index (κ1) is 11.0. The molecule has 0 aliphatic carbocycles. The molecular formula is C11H15NOS. The predicted molar refractivity (Wildman–Crippen MR) is 62.3 cm³/mol. The van der Waals surface area contributed by atoms with Crippen molar-refractivity contribution in [3.63, 3.8) is 0 Å². The maximum absolute atomic E-state index is 5.10. The van der Waals surface area contributed by atoms with Crippen molar-refractivity contribution in [3.8, 4) is 5.75 Å². The number of benzene rings is 1. The number of methoxy groups -OCH3 is 1. The van der Waals surface area contributed by atoms with Crippen LogP contribution in [0.1, 0.15) is 18.9 Å². The van der Waals surface area contributed by atoms with Crippen LogP contribution in [0.5, 0.6) is 5.75 Å². The molecule has 76 valence electrons. The summed E-state index contributed by atoms with van der Waals surface area (Å²) < 4.78 is 6.31. The summed E-state index contributed by atoms with van der Waals surface area (Å²) in [6.07, 6.45) is 0. The minimum atomic E-state index is 0.868. The SMILES string of the molecule is CC.COc1ccc2sc(C)nc2c1. The van der Waals surface area contributed by atoms with Crippen LogP contribution in [-0.2, 0) is 0 Å². The summed E-state index contributed by atoms with van der Waals surface area (Å²) in [6.45, 7) is 6.01. The number of hydrogen-bond acceptors (Lipinski definition) is 3. The second kappa shape index (κ2) is 4.96. The molecule has 0 fully saturated rings. The third kappa shape index (κ3) is 2.23. The lowest BCUT2D eigenvalue weighted by molar-refractivity contribution is 0.415. The van der Waals surface area contributed by atoms with Crippen molar-refractivity contribution in [2.24, 2.45) is 0 Å². The van der Waals surface area contributed by atoms with Gasteiger partial charge in [-0.15, -0.1) is 11.3 Å². The number of ether oxygens (including phenoxy) is 1. The molecule has 2 nitrogen and oxygen atoms in total. The normalized spacial score (nSPS) is 9.43. The average molecular weight is 209 g/mol. The van der Waals surface area contributed by atoms with E-state index in [2.05, 4.69) is 4.98 Å². The Labute approximate surface area is 88.6 Å². The Morgan fingerprint density at radius 2 is 2.00 bits per heavy atom. The van der Waals surface area contributed by atoms with Crippen LogP contribution < -0.4 is 4.74 Å². The van der Waals surface area contributed by atoms with Crippen LogP contribution in [-0.4, -0.2) is 12.1 Å². The van der Waals surface area contributed by atoms with Gasteiger partial charge in [-0.3, -0.25) is 0 Å². The van der Waals surface area contributed by atoms with Crippen molar-refractivity contribution in [2.45, 2.75) is 20.8 Å². The van der Waals surface area contributed by atoms with Crippen molar-refractivity contribution in [1.82, 2.24) is 4.98 Å². The first-order chi connectivity index (χ1) is 6.79. The molecule has 0 aliphatic heterocycles. The number of fused-ring (bicyclic) bond motifs is 1. The van der Waals surface area contributed by atoms with Crippen LogP contribution >= 0.6 is 11.3 Å². The molecule has 1 aromatic carbocycles. The molecule has 0 saturated carbocycles. The Morgan fingerprint density at radius 3 is 2.64 bits per heavy atom. The van der Waals surface area contributed by atoms with Gasteiger partial charge in [0.05, 0.1) is 22.3 Å². The molecule has 0 aliphatic rings. The molecule has 3 heteroatoms.